The zero-order valence-electron chi connectivity index (χ0n) is 11.1. The monoisotopic (exact) mass is 269 g/mol. The molecule has 102 valence electrons. The molecular weight excluding hydrogens is 254 g/mol. The summed E-state index contributed by atoms with van der Waals surface area (Å²) in [5, 5.41) is 6.07. The van der Waals surface area contributed by atoms with Gasteiger partial charge in [-0.1, -0.05) is 18.2 Å². The number of hydrogen-bond acceptors (Lipinski definition) is 4. The molecule has 1 aliphatic rings. The molecule has 20 heavy (non-hydrogen) atoms. The van der Waals surface area contributed by atoms with E-state index in [9.17, 15) is 4.79 Å². The Hall–Kier alpha value is -2.56. The number of fused-ring (bicyclic) bond motifs is 1. The molecule has 1 aromatic carbocycles. The summed E-state index contributed by atoms with van der Waals surface area (Å²) >= 11 is 0. The maximum absolute atomic E-state index is 12.2. The van der Waals surface area contributed by atoms with Crippen LogP contribution in [0.5, 0.6) is 5.88 Å². The molecule has 3 rings (SSSR count). The van der Waals surface area contributed by atoms with Crippen molar-refractivity contribution in [1.29, 1.82) is 0 Å². The highest BCUT2D eigenvalue weighted by Crippen LogP contribution is 2.25. The van der Waals surface area contributed by atoms with Crippen LogP contribution < -0.4 is 15.4 Å². The largest absolute Gasteiger partial charge is 0.481 e. The number of aromatic nitrogens is 1. The Labute approximate surface area is 117 Å². The van der Waals surface area contributed by atoms with Gasteiger partial charge in [0, 0.05) is 18.2 Å². The van der Waals surface area contributed by atoms with Crippen LogP contribution in [-0.4, -0.2) is 24.0 Å². The Kier molecular flexibility index (Phi) is 3.25. The van der Waals surface area contributed by atoms with Crippen LogP contribution in [0.2, 0.25) is 0 Å². The molecule has 0 bridgehead atoms. The number of rotatable bonds is 3. The van der Waals surface area contributed by atoms with Crippen molar-refractivity contribution in [2.75, 3.05) is 17.7 Å². The molecule has 0 saturated carbocycles. The van der Waals surface area contributed by atoms with Gasteiger partial charge in [0.1, 0.15) is 6.04 Å². The van der Waals surface area contributed by atoms with Crippen LogP contribution >= 0.6 is 0 Å². The summed E-state index contributed by atoms with van der Waals surface area (Å²) in [6, 6.07) is 11.2. The van der Waals surface area contributed by atoms with E-state index in [-0.39, 0.29) is 11.9 Å². The Morgan fingerprint density at radius 3 is 2.90 bits per heavy atom. The van der Waals surface area contributed by atoms with Crippen molar-refractivity contribution < 1.29 is 9.53 Å². The van der Waals surface area contributed by atoms with Gasteiger partial charge >= 0.3 is 0 Å². The SMILES string of the molecule is COc1ccc(NC(=O)C2Cc3ccccc3N2)cn1. The van der Waals surface area contributed by atoms with Gasteiger partial charge in [-0.05, 0) is 17.7 Å². The first kappa shape index (κ1) is 12.5. The number of nitrogens with zero attached hydrogens (tertiary/aromatic N) is 1. The summed E-state index contributed by atoms with van der Waals surface area (Å²) in [5.74, 6) is 0.461. The molecule has 2 heterocycles. The van der Waals surface area contributed by atoms with Crippen LogP contribution in [-0.2, 0) is 11.2 Å². The molecule has 1 aliphatic heterocycles. The molecule has 1 amide bonds. The van der Waals surface area contributed by atoms with Crippen LogP contribution in [0.1, 0.15) is 5.56 Å². The number of methoxy groups -OCH3 is 1. The van der Waals surface area contributed by atoms with Gasteiger partial charge in [-0.3, -0.25) is 4.79 Å². The van der Waals surface area contributed by atoms with Crippen LogP contribution in [0.4, 0.5) is 11.4 Å². The first-order chi connectivity index (χ1) is 9.76. The van der Waals surface area contributed by atoms with Crippen molar-refractivity contribution in [3.05, 3.63) is 48.2 Å². The van der Waals surface area contributed by atoms with Gasteiger partial charge < -0.3 is 15.4 Å². The number of carbonyl (C=O) groups excluding carboxylic acids is 1. The van der Waals surface area contributed by atoms with E-state index in [1.807, 2.05) is 24.3 Å². The quantitative estimate of drug-likeness (QED) is 0.895. The number of hydrogen-bond donors (Lipinski definition) is 2. The van der Waals surface area contributed by atoms with Crippen LogP contribution in [0.25, 0.3) is 0 Å². The smallest absolute Gasteiger partial charge is 0.247 e. The zero-order chi connectivity index (χ0) is 13.9. The van der Waals surface area contributed by atoms with Crippen molar-refractivity contribution in [2.45, 2.75) is 12.5 Å². The normalized spacial score (nSPS) is 16.1. The van der Waals surface area contributed by atoms with Crippen molar-refractivity contribution in [2.24, 2.45) is 0 Å². The topological polar surface area (TPSA) is 63.2 Å². The predicted octanol–water partition coefficient (Wildman–Crippen LogP) is 2.07. The van der Waals surface area contributed by atoms with Crippen LogP contribution in [0.3, 0.4) is 0 Å². The molecule has 0 fully saturated rings. The van der Waals surface area contributed by atoms with E-state index in [0.717, 1.165) is 5.69 Å². The number of anilines is 2. The second kappa shape index (κ2) is 5.21. The highest BCUT2D eigenvalue weighted by Gasteiger charge is 2.26. The second-order valence-electron chi connectivity index (χ2n) is 4.64. The lowest BCUT2D eigenvalue weighted by Gasteiger charge is -2.11. The molecule has 1 unspecified atom stereocenters. The van der Waals surface area contributed by atoms with E-state index in [2.05, 4.69) is 15.6 Å². The van der Waals surface area contributed by atoms with Crippen molar-refractivity contribution >= 4 is 17.3 Å². The first-order valence-electron chi connectivity index (χ1n) is 6.41. The van der Waals surface area contributed by atoms with E-state index in [0.29, 0.717) is 18.0 Å². The molecule has 0 aliphatic carbocycles. The Morgan fingerprint density at radius 2 is 2.20 bits per heavy atom. The molecule has 1 atom stereocenters. The number of ether oxygens (including phenoxy) is 1. The molecule has 2 aromatic rings. The molecule has 1 aromatic heterocycles. The zero-order valence-corrected chi connectivity index (χ0v) is 11.1. The first-order valence-corrected chi connectivity index (χ1v) is 6.41. The molecule has 0 radical (unpaired) electrons. The fraction of sp³-hybridized carbons (Fsp3) is 0.200. The maximum Gasteiger partial charge on any atom is 0.247 e. The van der Waals surface area contributed by atoms with Gasteiger partial charge in [-0.2, -0.15) is 0 Å². The second-order valence-corrected chi connectivity index (χ2v) is 4.64. The van der Waals surface area contributed by atoms with Gasteiger partial charge in [0.25, 0.3) is 0 Å². The summed E-state index contributed by atoms with van der Waals surface area (Å²) in [7, 11) is 1.56. The number of carbonyl (C=O) groups is 1. The van der Waals surface area contributed by atoms with Crippen LogP contribution in [0, 0.1) is 0 Å². The molecule has 0 spiro atoms. The van der Waals surface area contributed by atoms with Gasteiger partial charge in [0.15, 0.2) is 0 Å². The lowest BCUT2D eigenvalue weighted by molar-refractivity contribution is -0.116. The van der Waals surface area contributed by atoms with E-state index < -0.39 is 0 Å². The third-order valence-corrected chi connectivity index (χ3v) is 3.30. The Bertz CT molecular complexity index is 600. The summed E-state index contributed by atoms with van der Waals surface area (Å²) < 4.78 is 4.98. The lowest BCUT2D eigenvalue weighted by Crippen LogP contribution is -2.32. The number of amides is 1. The van der Waals surface area contributed by atoms with Gasteiger partial charge in [0.05, 0.1) is 19.0 Å². The Balaban J connectivity index is 1.66. The number of para-hydroxylation sites is 1. The number of benzene rings is 1. The molecule has 5 heteroatoms. The predicted molar refractivity (Wildman–Crippen MR) is 77.0 cm³/mol. The summed E-state index contributed by atoms with van der Waals surface area (Å²) in [6.45, 7) is 0. The minimum atomic E-state index is -0.241. The summed E-state index contributed by atoms with van der Waals surface area (Å²) in [5.41, 5.74) is 2.86. The number of nitrogens with one attached hydrogen (secondary N) is 2. The highest BCUT2D eigenvalue weighted by molar-refractivity contribution is 5.97. The van der Waals surface area contributed by atoms with Crippen molar-refractivity contribution in [3.8, 4) is 5.88 Å². The average molecular weight is 269 g/mol. The van der Waals surface area contributed by atoms with Gasteiger partial charge in [-0.15, -0.1) is 0 Å². The van der Waals surface area contributed by atoms with E-state index in [1.54, 1.807) is 25.4 Å². The maximum atomic E-state index is 12.2. The molecular formula is C15H15N3O2. The molecule has 0 saturated heterocycles. The van der Waals surface area contributed by atoms with Gasteiger partial charge in [-0.25, -0.2) is 4.98 Å². The average Bonchev–Trinajstić information content (AvgIpc) is 2.92. The Morgan fingerprint density at radius 1 is 1.35 bits per heavy atom. The molecule has 5 nitrogen and oxygen atoms in total. The lowest BCUT2D eigenvalue weighted by atomic mass is 10.1. The van der Waals surface area contributed by atoms with E-state index >= 15 is 0 Å². The van der Waals surface area contributed by atoms with Crippen molar-refractivity contribution in [1.82, 2.24) is 4.98 Å². The minimum absolute atomic E-state index is 0.0619. The van der Waals surface area contributed by atoms with Crippen LogP contribution in [0.15, 0.2) is 42.6 Å². The minimum Gasteiger partial charge on any atom is -0.481 e. The fourth-order valence-corrected chi connectivity index (χ4v) is 2.26. The van der Waals surface area contributed by atoms with Gasteiger partial charge in [0.2, 0.25) is 11.8 Å². The third-order valence-electron chi connectivity index (χ3n) is 3.30. The summed E-state index contributed by atoms with van der Waals surface area (Å²) in [4.78, 5) is 16.3. The third kappa shape index (κ3) is 2.42. The van der Waals surface area contributed by atoms with Crippen molar-refractivity contribution in [3.63, 3.8) is 0 Å². The summed E-state index contributed by atoms with van der Waals surface area (Å²) in [6.07, 6.45) is 2.28. The highest BCUT2D eigenvalue weighted by atomic mass is 16.5. The molecule has 2 N–H and O–H groups in total. The van der Waals surface area contributed by atoms with E-state index in [1.165, 1.54) is 5.56 Å². The fourth-order valence-electron chi connectivity index (χ4n) is 2.26. The number of pyridine rings is 1. The standard InChI is InChI=1S/C15H15N3O2/c1-20-14-7-6-11(9-16-14)17-15(19)13-8-10-4-2-3-5-12(10)18-13/h2-7,9,13,18H,8H2,1H3,(H,17,19). The van der Waals surface area contributed by atoms with E-state index in [4.69, 9.17) is 4.74 Å².